The summed E-state index contributed by atoms with van der Waals surface area (Å²) in [6, 6.07) is 4.60. The molecule has 1 aromatic carbocycles. The Morgan fingerprint density at radius 1 is 1.40 bits per heavy atom. The minimum absolute atomic E-state index is 0.253. The fourth-order valence-electron chi connectivity index (χ4n) is 1.03. The Morgan fingerprint density at radius 3 is 2.60 bits per heavy atom. The van der Waals surface area contributed by atoms with Gasteiger partial charge in [0.2, 0.25) is 0 Å². The second-order valence-corrected chi connectivity index (χ2v) is 4.64. The number of rotatable bonds is 3. The molecule has 1 N–H and O–H groups in total. The molecule has 1 rings (SSSR count). The summed E-state index contributed by atoms with van der Waals surface area (Å²) >= 11 is 5.84. The maximum absolute atomic E-state index is 13.3. The molecule has 0 spiro atoms. The Morgan fingerprint density at radius 2 is 2.07 bits per heavy atom. The Labute approximate surface area is 94.3 Å². The fourth-order valence-corrected chi connectivity index (χ4v) is 1.26. The minimum atomic E-state index is -0.326. The molecule has 0 saturated carbocycles. The third kappa shape index (κ3) is 4.16. The lowest BCUT2D eigenvalue weighted by atomic mass is 10.2. The summed E-state index contributed by atoms with van der Waals surface area (Å²) in [5.74, 6) is -0.326. The average molecular weight is 232 g/mol. The van der Waals surface area contributed by atoms with Crippen molar-refractivity contribution in [2.24, 2.45) is 0 Å². The number of nitrogens with one attached hydrogen (secondary N) is 1. The van der Waals surface area contributed by atoms with Crippen molar-refractivity contribution in [1.82, 2.24) is 5.48 Å². The molecule has 4 heteroatoms. The van der Waals surface area contributed by atoms with Gasteiger partial charge in [-0.15, -0.1) is 0 Å². The summed E-state index contributed by atoms with van der Waals surface area (Å²) in [6.07, 6.45) is 0. The van der Waals surface area contributed by atoms with Crippen LogP contribution in [0.1, 0.15) is 26.3 Å². The van der Waals surface area contributed by atoms with Gasteiger partial charge in [-0.2, -0.15) is 5.48 Å². The molecular formula is C11H15ClFNO. The van der Waals surface area contributed by atoms with Gasteiger partial charge < -0.3 is 0 Å². The van der Waals surface area contributed by atoms with Gasteiger partial charge in [0.15, 0.2) is 0 Å². The summed E-state index contributed by atoms with van der Waals surface area (Å²) in [7, 11) is 0. The highest BCUT2D eigenvalue weighted by Gasteiger charge is 2.11. The predicted molar refractivity (Wildman–Crippen MR) is 59.1 cm³/mol. The van der Waals surface area contributed by atoms with Crippen molar-refractivity contribution >= 4 is 11.6 Å². The van der Waals surface area contributed by atoms with E-state index in [9.17, 15) is 4.39 Å². The van der Waals surface area contributed by atoms with Gasteiger partial charge in [0.1, 0.15) is 5.82 Å². The molecule has 0 fully saturated rings. The Balaban J connectivity index is 2.58. The zero-order chi connectivity index (χ0) is 11.5. The average Bonchev–Trinajstić information content (AvgIpc) is 2.08. The second-order valence-electron chi connectivity index (χ2n) is 4.24. The normalized spacial score (nSPS) is 11.8. The zero-order valence-electron chi connectivity index (χ0n) is 9.10. The molecule has 1 aromatic rings. The lowest BCUT2D eigenvalue weighted by Crippen LogP contribution is -2.29. The number of hydrogen-bond donors (Lipinski definition) is 1. The van der Waals surface area contributed by atoms with Crippen LogP contribution in [0, 0.1) is 5.82 Å². The highest BCUT2D eigenvalue weighted by atomic mass is 35.5. The molecule has 0 heterocycles. The smallest absolute Gasteiger partial charge is 0.129 e. The maximum atomic E-state index is 13.3. The third-order valence-electron chi connectivity index (χ3n) is 1.69. The van der Waals surface area contributed by atoms with Crippen LogP contribution in [0.5, 0.6) is 0 Å². The van der Waals surface area contributed by atoms with Crippen molar-refractivity contribution in [3.8, 4) is 0 Å². The van der Waals surface area contributed by atoms with E-state index in [0.717, 1.165) is 0 Å². The standard InChI is InChI=1S/C11H15ClFNO/c1-11(2,3)15-14-7-8-9(12)5-4-6-10(8)13/h4-6,14H,7H2,1-3H3. The first kappa shape index (κ1) is 12.4. The predicted octanol–water partition coefficient (Wildman–Crippen LogP) is 3.30. The first-order valence-electron chi connectivity index (χ1n) is 4.74. The van der Waals surface area contributed by atoms with Gasteiger partial charge in [-0.05, 0) is 32.9 Å². The Bertz CT molecular complexity index is 316. The molecule has 0 aromatic heterocycles. The van der Waals surface area contributed by atoms with E-state index in [4.69, 9.17) is 16.4 Å². The summed E-state index contributed by atoms with van der Waals surface area (Å²) in [6.45, 7) is 5.97. The van der Waals surface area contributed by atoms with Crippen molar-refractivity contribution in [1.29, 1.82) is 0 Å². The van der Waals surface area contributed by atoms with Gasteiger partial charge in [0, 0.05) is 10.6 Å². The first-order chi connectivity index (χ1) is 6.90. The first-order valence-corrected chi connectivity index (χ1v) is 5.12. The van der Waals surface area contributed by atoms with E-state index >= 15 is 0 Å². The SMILES string of the molecule is CC(C)(C)ONCc1c(F)cccc1Cl. The third-order valence-corrected chi connectivity index (χ3v) is 2.04. The van der Waals surface area contributed by atoms with Gasteiger partial charge in [-0.1, -0.05) is 17.7 Å². The highest BCUT2D eigenvalue weighted by Crippen LogP contribution is 2.18. The van der Waals surface area contributed by atoms with Gasteiger partial charge in [-0.25, -0.2) is 4.39 Å². The molecule has 0 radical (unpaired) electrons. The van der Waals surface area contributed by atoms with Crippen molar-refractivity contribution in [2.45, 2.75) is 32.9 Å². The second kappa shape index (κ2) is 4.92. The summed E-state index contributed by atoms with van der Waals surface area (Å²) in [4.78, 5) is 5.27. The van der Waals surface area contributed by atoms with Crippen LogP contribution in [0.2, 0.25) is 5.02 Å². The van der Waals surface area contributed by atoms with Crippen molar-refractivity contribution < 1.29 is 9.23 Å². The van der Waals surface area contributed by atoms with E-state index in [2.05, 4.69) is 5.48 Å². The zero-order valence-corrected chi connectivity index (χ0v) is 9.86. The topological polar surface area (TPSA) is 21.3 Å². The molecule has 0 aliphatic rings. The van der Waals surface area contributed by atoms with E-state index in [1.165, 1.54) is 6.07 Å². The molecule has 0 unspecified atom stereocenters. The van der Waals surface area contributed by atoms with Gasteiger partial charge in [0.05, 0.1) is 12.1 Å². The highest BCUT2D eigenvalue weighted by molar-refractivity contribution is 6.31. The van der Waals surface area contributed by atoms with Crippen LogP contribution >= 0.6 is 11.6 Å². The van der Waals surface area contributed by atoms with Crippen molar-refractivity contribution in [3.63, 3.8) is 0 Å². The molecule has 0 amide bonds. The van der Waals surface area contributed by atoms with Crippen LogP contribution in [0.15, 0.2) is 18.2 Å². The Hall–Kier alpha value is -0.640. The van der Waals surface area contributed by atoms with Crippen LogP contribution in [0.4, 0.5) is 4.39 Å². The number of hydrogen-bond acceptors (Lipinski definition) is 2. The molecule has 0 saturated heterocycles. The molecule has 0 atom stereocenters. The molecule has 15 heavy (non-hydrogen) atoms. The maximum Gasteiger partial charge on any atom is 0.129 e. The molecule has 84 valence electrons. The van der Waals surface area contributed by atoms with Gasteiger partial charge in [0.25, 0.3) is 0 Å². The Kier molecular flexibility index (Phi) is 4.08. The van der Waals surface area contributed by atoms with Crippen LogP contribution in [-0.2, 0) is 11.4 Å². The molecule has 0 aliphatic heterocycles. The fraction of sp³-hybridized carbons (Fsp3) is 0.455. The number of halogens is 2. The summed E-state index contributed by atoms with van der Waals surface area (Å²) in [5, 5.41) is 0.403. The van der Waals surface area contributed by atoms with E-state index in [1.807, 2.05) is 20.8 Å². The largest absolute Gasteiger partial charge is 0.296 e. The van der Waals surface area contributed by atoms with Gasteiger partial charge >= 0.3 is 0 Å². The van der Waals surface area contributed by atoms with E-state index in [-0.39, 0.29) is 18.0 Å². The lowest BCUT2D eigenvalue weighted by molar-refractivity contribution is -0.0760. The van der Waals surface area contributed by atoms with Crippen LogP contribution < -0.4 is 5.48 Å². The number of benzene rings is 1. The minimum Gasteiger partial charge on any atom is -0.296 e. The quantitative estimate of drug-likeness (QED) is 0.806. The van der Waals surface area contributed by atoms with E-state index in [0.29, 0.717) is 10.6 Å². The molecule has 0 bridgehead atoms. The van der Waals surface area contributed by atoms with Crippen LogP contribution in [0.25, 0.3) is 0 Å². The van der Waals surface area contributed by atoms with E-state index in [1.54, 1.807) is 12.1 Å². The molecular weight excluding hydrogens is 217 g/mol. The molecule has 2 nitrogen and oxygen atoms in total. The van der Waals surface area contributed by atoms with Crippen LogP contribution in [0.3, 0.4) is 0 Å². The molecule has 0 aliphatic carbocycles. The lowest BCUT2D eigenvalue weighted by Gasteiger charge is -2.19. The van der Waals surface area contributed by atoms with E-state index < -0.39 is 0 Å². The van der Waals surface area contributed by atoms with Crippen molar-refractivity contribution in [2.75, 3.05) is 0 Å². The summed E-state index contributed by atoms with van der Waals surface area (Å²) in [5.41, 5.74) is 2.81. The summed E-state index contributed by atoms with van der Waals surface area (Å²) < 4.78 is 13.3. The van der Waals surface area contributed by atoms with Crippen molar-refractivity contribution in [3.05, 3.63) is 34.6 Å². The van der Waals surface area contributed by atoms with Crippen LogP contribution in [-0.4, -0.2) is 5.60 Å². The van der Waals surface area contributed by atoms with Gasteiger partial charge in [-0.3, -0.25) is 4.84 Å². The monoisotopic (exact) mass is 231 g/mol. The number of hydroxylamine groups is 1.